The number of carbonyl (C=O) groups is 1. The van der Waals surface area contributed by atoms with Crippen LogP contribution in [-0.2, 0) is 11.3 Å². The topological polar surface area (TPSA) is 92.2 Å². The number of ether oxygens (including phenoxy) is 1. The molecule has 0 atom stereocenters. The van der Waals surface area contributed by atoms with E-state index in [-0.39, 0.29) is 0 Å². The molecule has 0 aliphatic heterocycles. The maximum atomic E-state index is 11.5. The first kappa shape index (κ1) is 17.1. The van der Waals surface area contributed by atoms with Crippen LogP contribution in [0.15, 0.2) is 22.7 Å². The number of aryl methyl sites for hydroxylation is 1. The van der Waals surface area contributed by atoms with Crippen LogP contribution in [-0.4, -0.2) is 35.0 Å². The highest BCUT2D eigenvalue weighted by Gasteiger charge is 2.15. The Kier molecular flexibility index (Phi) is 5.44. The number of nitrogens with zero attached hydrogens (tertiary/aromatic N) is 1. The van der Waals surface area contributed by atoms with Gasteiger partial charge in [0.15, 0.2) is 5.76 Å². The number of H-pyrrole nitrogens is 1. The molecular formula is C16H24N4O3. The van der Waals surface area contributed by atoms with Crippen molar-refractivity contribution in [1.29, 1.82) is 0 Å². The molecule has 0 aliphatic carbocycles. The third-order valence-corrected chi connectivity index (χ3v) is 2.99. The van der Waals surface area contributed by atoms with Crippen molar-refractivity contribution in [3.05, 3.63) is 29.7 Å². The quantitative estimate of drug-likeness (QED) is 0.712. The van der Waals surface area contributed by atoms with Crippen LogP contribution in [0.4, 0.5) is 4.79 Å². The van der Waals surface area contributed by atoms with Gasteiger partial charge in [0.1, 0.15) is 17.1 Å². The maximum Gasteiger partial charge on any atom is 0.407 e. The highest BCUT2D eigenvalue weighted by atomic mass is 16.6. The van der Waals surface area contributed by atoms with Gasteiger partial charge in [-0.2, -0.15) is 5.10 Å². The third kappa shape index (κ3) is 5.45. The van der Waals surface area contributed by atoms with Gasteiger partial charge in [0.05, 0.1) is 6.20 Å². The van der Waals surface area contributed by atoms with Crippen LogP contribution in [0, 0.1) is 6.92 Å². The van der Waals surface area contributed by atoms with Crippen LogP contribution < -0.4 is 10.6 Å². The number of furan rings is 1. The van der Waals surface area contributed by atoms with Crippen molar-refractivity contribution in [3.8, 4) is 11.5 Å². The minimum absolute atomic E-state index is 0.408. The average Bonchev–Trinajstić information content (AvgIpc) is 3.04. The molecule has 23 heavy (non-hydrogen) atoms. The molecule has 1 amide bonds. The first-order chi connectivity index (χ1) is 10.8. The summed E-state index contributed by atoms with van der Waals surface area (Å²) in [7, 11) is 0. The van der Waals surface area contributed by atoms with Gasteiger partial charge in [-0.05, 0) is 39.8 Å². The van der Waals surface area contributed by atoms with E-state index in [0.717, 1.165) is 22.8 Å². The van der Waals surface area contributed by atoms with Crippen LogP contribution >= 0.6 is 0 Å². The van der Waals surface area contributed by atoms with Gasteiger partial charge in [-0.3, -0.25) is 5.10 Å². The van der Waals surface area contributed by atoms with Crippen LogP contribution in [0.3, 0.4) is 0 Å². The molecule has 126 valence electrons. The number of amides is 1. The summed E-state index contributed by atoms with van der Waals surface area (Å²) in [4.78, 5) is 11.5. The van der Waals surface area contributed by atoms with E-state index in [9.17, 15) is 4.79 Å². The van der Waals surface area contributed by atoms with E-state index in [4.69, 9.17) is 9.15 Å². The number of carbonyl (C=O) groups excluding carboxylic acids is 1. The minimum Gasteiger partial charge on any atom is -0.460 e. The molecule has 7 nitrogen and oxygen atoms in total. The fraction of sp³-hybridized carbons (Fsp3) is 0.500. The van der Waals surface area contributed by atoms with Gasteiger partial charge in [0.25, 0.3) is 0 Å². The lowest BCUT2D eigenvalue weighted by Gasteiger charge is -2.19. The second-order valence-electron chi connectivity index (χ2n) is 6.29. The number of aromatic nitrogens is 2. The largest absolute Gasteiger partial charge is 0.460 e. The van der Waals surface area contributed by atoms with E-state index in [2.05, 4.69) is 20.8 Å². The summed E-state index contributed by atoms with van der Waals surface area (Å²) >= 11 is 0. The standard InChI is InChI=1S/C16H24N4O3/c1-11-5-6-13(22-11)14-12(10-19-20-14)9-17-7-8-18-15(21)23-16(2,3)4/h5-6,10,17H,7-9H2,1-4H3,(H,18,21)(H,19,20). The molecule has 2 rings (SSSR count). The van der Waals surface area contributed by atoms with Crippen molar-refractivity contribution in [2.75, 3.05) is 13.1 Å². The molecule has 0 bridgehead atoms. The zero-order chi connectivity index (χ0) is 16.9. The van der Waals surface area contributed by atoms with Gasteiger partial charge in [-0.15, -0.1) is 0 Å². The summed E-state index contributed by atoms with van der Waals surface area (Å²) in [6.07, 6.45) is 1.36. The number of hydrogen-bond donors (Lipinski definition) is 3. The van der Waals surface area contributed by atoms with Gasteiger partial charge >= 0.3 is 6.09 Å². The van der Waals surface area contributed by atoms with E-state index in [0.29, 0.717) is 19.6 Å². The van der Waals surface area contributed by atoms with Crippen molar-refractivity contribution in [1.82, 2.24) is 20.8 Å². The summed E-state index contributed by atoms with van der Waals surface area (Å²) in [5, 5.41) is 13.0. The summed E-state index contributed by atoms with van der Waals surface area (Å²) in [5.74, 6) is 1.62. The Labute approximate surface area is 135 Å². The van der Waals surface area contributed by atoms with Gasteiger partial charge in [-0.1, -0.05) is 0 Å². The molecule has 0 radical (unpaired) electrons. The second kappa shape index (κ2) is 7.32. The van der Waals surface area contributed by atoms with Crippen molar-refractivity contribution >= 4 is 6.09 Å². The smallest absolute Gasteiger partial charge is 0.407 e. The van der Waals surface area contributed by atoms with Gasteiger partial charge in [0, 0.05) is 25.2 Å². The number of nitrogens with one attached hydrogen (secondary N) is 3. The van der Waals surface area contributed by atoms with Crippen molar-refractivity contribution in [3.63, 3.8) is 0 Å². The Morgan fingerprint density at radius 2 is 2.13 bits per heavy atom. The van der Waals surface area contributed by atoms with Gasteiger partial charge in [0.2, 0.25) is 0 Å². The predicted octanol–water partition coefficient (Wildman–Crippen LogP) is 2.59. The number of alkyl carbamates (subject to hydrolysis) is 1. The second-order valence-corrected chi connectivity index (χ2v) is 6.29. The Balaban J connectivity index is 1.74. The minimum atomic E-state index is -0.482. The molecule has 2 aromatic heterocycles. The molecule has 0 aromatic carbocycles. The average molecular weight is 320 g/mol. The van der Waals surface area contributed by atoms with Crippen LogP contribution in [0.2, 0.25) is 0 Å². The Morgan fingerprint density at radius 1 is 1.35 bits per heavy atom. The predicted molar refractivity (Wildman–Crippen MR) is 87.0 cm³/mol. The van der Waals surface area contributed by atoms with Gasteiger partial charge < -0.3 is 19.8 Å². The van der Waals surface area contributed by atoms with E-state index < -0.39 is 11.7 Å². The zero-order valence-corrected chi connectivity index (χ0v) is 14.0. The summed E-state index contributed by atoms with van der Waals surface area (Å²) in [6.45, 7) is 9.15. The normalized spacial score (nSPS) is 11.5. The Hall–Kier alpha value is -2.28. The number of aromatic amines is 1. The summed E-state index contributed by atoms with van der Waals surface area (Å²) in [6, 6.07) is 3.83. The Bertz CT molecular complexity index is 640. The summed E-state index contributed by atoms with van der Waals surface area (Å²) < 4.78 is 10.8. The maximum absolute atomic E-state index is 11.5. The van der Waals surface area contributed by atoms with E-state index in [1.807, 2.05) is 39.8 Å². The van der Waals surface area contributed by atoms with Crippen molar-refractivity contribution < 1.29 is 13.9 Å². The zero-order valence-electron chi connectivity index (χ0n) is 14.0. The molecule has 7 heteroatoms. The lowest BCUT2D eigenvalue weighted by atomic mass is 10.2. The van der Waals surface area contributed by atoms with Crippen molar-refractivity contribution in [2.45, 2.75) is 39.8 Å². The highest BCUT2D eigenvalue weighted by molar-refractivity contribution is 5.67. The van der Waals surface area contributed by atoms with Crippen LogP contribution in [0.5, 0.6) is 0 Å². The molecule has 0 aliphatic rings. The van der Waals surface area contributed by atoms with E-state index >= 15 is 0 Å². The van der Waals surface area contributed by atoms with Gasteiger partial charge in [-0.25, -0.2) is 4.79 Å². The van der Waals surface area contributed by atoms with Crippen LogP contribution in [0.25, 0.3) is 11.5 Å². The van der Waals surface area contributed by atoms with Crippen LogP contribution in [0.1, 0.15) is 32.1 Å². The first-order valence-corrected chi connectivity index (χ1v) is 7.62. The molecule has 0 spiro atoms. The molecule has 0 fully saturated rings. The number of hydrogen-bond acceptors (Lipinski definition) is 5. The molecule has 2 heterocycles. The molecule has 0 saturated heterocycles. The third-order valence-electron chi connectivity index (χ3n) is 2.99. The fourth-order valence-electron chi connectivity index (χ4n) is 2.02. The Morgan fingerprint density at radius 3 is 2.78 bits per heavy atom. The monoisotopic (exact) mass is 320 g/mol. The summed E-state index contributed by atoms with van der Waals surface area (Å²) in [5.41, 5.74) is 1.40. The molecule has 0 saturated carbocycles. The molecular weight excluding hydrogens is 296 g/mol. The first-order valence-electron chi connectivity index (χ1n) is 7.62. The lowest BCUT2D eigenvalue weighted by Crippen LogP contribution is -2.36. The van der Waals surface area contributed by atoms with E-state index in [1.54, 1.807) is 6.20 Å². The fourth-order valence-corrected chi connectivity index (χ4v) is 2.02. The molecule has 3 N–H and O–H groups in total. The lowest BCUT2D eigenvalue weighted by molar-refractivity contribution is 0.0528. The number of rotatable bonds is 6. The van der Waals surface area contributed by atoms with E-state index in [1.165, 1.54) is 0 Å². The highest BCUT2D eigenvalue weighted by Crippen LogP contribution is 2.23. The molecule has 2 aromatic rings. The van der Waals surface area contributed by atoms with Crippen molar-refractivity contribution in [2.24, 2.45) is 0 Å². The molecule has 0 unspecified atom stereocenters. The SMILES string of the molecule is Cc1ccc(-c2[nH]ncc2CNCCNC(=O)OC(C)(C)C)o1.